The molecule has 5 heteroatoms. The normalized spacial score (nSPS) is 25.8. The van der Waals surface area contributed by atoms with Crippen molar-refractivity contribution < 1.29 is 4.79 Å². The molecule has 2 fully saturated rings. The Balaban J connectivity index is 1.64. The highest BCUT2D eigenvalue weighted by molar-refractivity contribution is 8.00. The van der Waals surface area contributed by atoms with Gasteiger partial charge in [-0.15, -0.1) is 5.10 Å². The van der Waals surface area contributed by atoms with Crippen LogP contribution in [0.5, 0.6) is 0 Å². The molecule has 3 rings (SSSR count). The van der Waals surface area contributed by atoms with Crippen LogP contribution in [0.1, 0.15) is 63.1 Å². The van der Waals surface area contributed by atoms with E-state index in [4.69, 9.17) is 0 Å². The van der Waals surface area contributed by atoms with Crippen molar-refractivity contribution in [1.82, 2.24) is 15.2 Å². The lowest BCUT2D eigenvalue weighted by Crippen LogP contribution is -2.21. The average Bonchev–Trinajstić information content (AvgIpc) is 3.02. The first-order valence-corrected chi connectivity index (χ1v) is 7.82. The lowest BCUT2D eigenvalue weighted by molar-refractivity contribution is -0.119. The zero-order valence-electron chi connectivity index (χ0n) is 10.5. The summed E-state index contributed by atoms with van der Waals surface area (Å²) in [4.78, 5) is 16.3. The van der Waals surface area contributed by atoms with Crippen LogP contribution in [-0.2, 0) is 4.79 Å². The Bertz CT molecular complexity index is 426. The molecule has 2 saturated carbocycles. The highest BCUT2D eigenvalue weighted by Crippen LogP contribution is 2.34. The molecule has 1 aromatic heterocycles. The van der Waals surface area contributed by atoms with Gasteiger partial charge in [-0.05, 0) is 25.7 Å². The molecule has 18 heavy (non-hydrogen) atoms. The van der Waals surface area contributed by atoms with E-state index < -0.39 is 0 Å². The van der Waals surface area contributed by atoms with Gasteiger partial charge in [-0.1, -0.05) is 31.0 Å². The van der Waals surface area contributed by atoms with Crippen molar-refractivity contribution in [2.45, 2.75) is 67.7 Å². The predicted molar refractivity (Wildman–Crippen MR) is 70.7 cm³/mol. The zero-order valence-corrected chi connectivity index (χ0v) is 11.3. The second kappa shape index (κ2) is 5.43. The third kappa shape index (κ3) is 2.60. The number of aromatic nitrogens is 3. The van der Waals surface area contributed by atoms with Crippen molar-refractivity contribution in [2.75, 3.05) is 0 Å². The molecule has 98 valence electrons. The van der Waals surface area contributed by atoms with Crippen LogP contribution in [0.4, 0.5) is 0 Å². The summed E-state index contributed by atoms with van der Waals surface area (Å²) in [5, 5.41) is 8.17. The monoisotopic (exact) mass is 265 g/mol. The van der Waals surface area contributed by atoms with Gasteiger partial charge in [0.05, 0.1) is 5.25 Å². The summed E-state index contributed by atoms with van der Waals surface area (Å²) in [6, 6.07) is 0. The van der Waals surface area contributed by atoms with Gasteiger partial charge in [-0.25, -0.2) is 4.98 Å². The van der Waals surface area contributed by atoms with E-state index >= 15 is 0 Å². The molecular weight excluding hydrogens is 246 g/mol. The number of carbonyl (C=O) groups excluding carboxylic acids is 1. The molecule has 0 saturated heterocycles. The largest absolute Gasteiger partial charge is 0.298 e. The third-order valence-corrected chi connectivity index (χ3v) is 5.15. The lowest BCUT2D eigenvalue weighted by atomic mass is 9.99. The summed E-state index contributed by atoms with van der Waals surface area (Å²) in [6.07, 6.45) is 8.97. The first-order valence-electron chi connectivity index (χ1n) is 6.94. The highest BCUT2D eigenvalue weighted by atomic mass is 32.2. The minimum Gasteiger partial charge on any atom is -0.298 e. The van der Waals surface area contributed by atoms with E-state index in [9.17, 15) is 4.79 Å². The summed E-state index contributed by atoms with van der Waals surface area (Å²) in [7, 11) is 0. The molecule has 4 nitrogen and oxygen atoms in total. The van der Waals surface area contributed by atoms with Gasteiger partial charge in [-0.2, -0.15) is 0 Å². The molecule has 2 aliphatic carbocycles. The summed E-state index contributed by atoms with van der Waals surface area (Å²) >= 11 is 1.55. The maximum Gasteiger partial charge on any atom is 0.209 e. The van der Waals surface area contributed by atoms with Crippen LogP contribution in [0.15, 0.2) is 5.16 Å². The summed E-state index contributed by atoms with van der Waals surface area (Å²) < 4.78 is 0. The minimum absolute atomic E-state index is 0.0889. The molecule has 1 atom stereocenters. The van der Waals surface area contributed by atoms with Gasteiger partial charge in [0.2, 0.25) is 5.16 Å². The number of thioether (sulfide) groups is 1. The SMILES string of the molecule is O=C1CCCC[C@H]1Sc1n[nH]c(C2CCCC2)n1. The van der Waals surface area contributed by atoms with Crippen LogP contribution < -0.4 is 0 Å². The maximum atomic E-state index is 11.8. The summed E-state index contributed by atoms with van der Waals surface area (Å²) in [5.41, 5.74) is 0. The van der Waals surface area contributed by atoms with Gasteiger partial charge in [0, 0.05) is 12.3 Å². The van der Waals surface area contributed by atoms with Crippen LogP contribution in [0.25, 0.3) is 0 Å². The van der Waals surface area contributed by atoms with E-state index in [1.54, 1.807) is 11.8 Å². The minimum atomic E-state index is 0.0889. The summed E-state index contributed by atoms with van der Waals surface area (Å²) in [5.74, 6) is 1.96. The molecule has 0 aromatic carbocycles. The highest BCUT2D eigenvalue weighted by Gasteiger charge is 2.26. The Hall–Kier alpha value is -0.840. The molecule has 1 heterocycles. The molecule has 1 aromatic rings. The first-order chi connectivity index (χ1) is 8.83. The number of nitrogens with one attached hydrogen (secondary N) is 1. The average molecular weight is 265 g/mol. The van der Waals surface area contributed by atoms with Gasteiger partial charge < -0.3 is 0 Å². The van der Waals surface area contributed by atoms with Crippen molar-refractivity contribution in [1.29, 1.82) is 0 Å². The van der Waals surface area contributed by atoms with Crippen molar-refractivity contribution >= 4 is 17.5 Å². The third-order valence-electron chi connectivity index (χ3n) is 3.97. The fourth-order valence-electron chi connectivity index (χ4n) is 2.90. The fraction of sp³-hybridized carbons (Fsp3) is 0.769. The topological polar surface area (TPSA) is 58.6 Å². The number of aromatic amines is 1. The Morgan fingerprint density at radius 1 is 1.11 bits per heavy atom. The van der Waals surface area contributed by atoms with Crippen LogP contribution >= 0.6 is 11.8 Å². The van der Waals surface area contributed by atoms with E-state index in [0.717, 1.165) is 36.7 Å². The second-order valence-electron chi connectivity index (χ2n) is 5.30. The van der Waals surface area contributed by atoms with E-state index in [0.29, 0.717) is 11.7 Å². The molecule has 0 amide bonds. The number of rotatable bonds is 3. The van der Waals surface area contributed by atoms with Crippen molar-refractivity contribution in [3.63, 3.8) is 0 Å². The molecule has 1 N–H and O–H groups in total. The Morgan fingerprint density at radius 3 is 2.67 bits per heavy atom. The van der Waals surface area contributed by atoms with Gasteiger partial charge >= 0.3 is 0 Å². The van der Waals surface area contributed by atoms with E-state index in [1.807, 2.05) is 0 Å². The number of H-pyrrole nitrogens is 1. The van der Waals surface area contributed by atoms with E-state index in [2.05, 4.69) is 15.2 Å². The van der Waals surface area contributed by atoms with Crippen LogP contribution in [-0.4, -0.2) is 26.2 Å². The van der Waals surface area contributed by atoms with Crippen molar-refractivity contribution in [3.05, 3.63) is 5.82 Å². The number of Topliss-reactive ketones (excluding diaryl/α,β-unsaturated/α-hetero) is 1. The maximum absolute atomic E-state index is 11.8. The summed E-state index contributed by atoms with van der Waals surface area (Å²) in [6.45, 7) is 0. The van der Waals surface area contributed by atoms with Gasteiger partial charge in [-0.3, -0.25) is 9.89 Å². The number of hydrogen-bond acceptors (Lipinski definition) is 4. The van der Waals surface area contributed by atoms with Crippen LogP contribution in [0, 0.1) is 0 Å². The van der Waals surface area contributed by atoms with Crippen molar-refractivity contribution in [3.8, 4) is 0 Å². The van der Waals surface area contributed by atoms with Crippen LogP contribution in [0.2, 0.25) is 0 Å². The number of carbonyl (C=O) groups is 1. The van der Waals surface area contributed by atoms with E-state index in [-0.39, 0.29) is 5.25 Å². The Kier molecular flexibility index (Phi) is 3.68. The smallest absolute Gasteiger partial charge is 0.209 e. The van der Waals surface area contributed by atoms with Crippen molar-refractivity contribution in [2.24, 2.45) is 0 Å². The van der Waals surface area contributed by atoms with Gasteiger partial charge in [0.25, 0.3) is 0 Å². The molecule has 0 aliphatic heterocycles. The van der Waals surface area contributed by atoms with Crippen LogP contribution in [0.3, 0.4) is 0 Å². The molecule has 2 aliphatic rings. The Labute approximate surface area is 111 Å². The standard InChI is InChI=1S/C13H19N3OS/c17-10-7-3-4-8-11(10)18-13-14-12(15-16-13)9-5-1-2-6-9/h9,11H,1-8H2,(H,14,15,16)/t11-/m1/s1. The first kappa shape index (κ1) is 12.2. The molecular formula is C13H19N3OS. The molecule has 0 bridgehead atoms. The lowest BCUT2D eigenvalue weighted by Gasteiger charge is -2.17. The molecule has 0 unspecified atom stereocenters. The number of ketones is 1. The fourth-order valence-corrected chi connectivity index (χ4v) is 3.93. The Morgan fingerprint density at radius 2 is 1.89 bits per heavy atom. The van der Waals surface area contributed by atoms with E-state index in [1.165, 1.54) is 25.7 Å². The zero-order chi connectivity index (χ0) is 12.4. The number of hydrogen-bond donors (Lipinski definition) is 1. The van der Waals surface area contributed by atoms with Gasteiger partial charge in [0.1, 0.15) is 11.6 Å². The predicted octanol–water partition coefficient (Wildman–Crippen LogP) is 3.07. The number of nitrogens with zero attached hydrogens (tertiary/aromatic N) is 2. The molecule has 0 radical (unpaired) electrons. The quantitative estimate of drug-likeness (QED) is 0.912. The second-order valence-corrected chi connectivity index (χ2v) is 6.47. The molecule has 0 spiro atoms. The van der Waals surface area contributed by atoms with Gasteiger partial charge in [0.15, 0.2) is 0 Å².